The van der Waals surface area contributed by atoms with Crippen molar-refractivity contribution in [3.63, 3.8) is 0 Å². The molecule has 1 aliphatic rings. The van der Waals surface area contributed by atoms with Crippen LogP contribution in [0, 0.1) is 0 Å². The minimum atomic E-state index is -0.633. The van der Waals surface area contributed by atoms with Crippen LogP contribution in [0.1, 0.15) is 30.3 Å². The van der Waals surface area contributed by atoms with E-state index in [0.717, 1.165) is 16.5 Å². The Balaban J connectivity index is 1.39. The van der Waals surface area contributed by atoms with Crippen LogP contribution in [0.2, 0.25) is 0 Å². The standard InChI is InChI=1S/C17H18N4O3/c1-11(22)15-9-21(19-18-15)13-7-20(8-13)17(23)6-12-10-24-16-5-3-2-4-14(12)16/h2-5,9-11,13,22H,6-8H2,1H3. The first kappa shape index (κ1) is 14.9. The maximum Gasteiger partial charge on any atom is 0.227 e. The Kier molecular flexibility index (Phi) is 3.57. The van der Waals surface area contributed by atoms with E-state index in [4.69, 9.17) is 4.42 Å². The van der Waals surface area contributed by atoms with E-state index in [0.29, 0.717) is 25.2 Å². The largest absolute Gasteiger partial charge is 0.464 e. The summed E-state index contributed by atoms with van der Waals surface area (Å²) in [6.45, 7) is 2.87. The van der Waals surface area contributed by atoms with Gasteiger partial charge >= 0.3 is 0 Å². The van der Waals surface area contributed by atoms with Crippen molar-refractivity contribution in [3.8, 4) is 0 Å². The molecule has 0 bridgehead atoms. The lowest BCUT2D eigenvalue weighted by Crippen LogP contribution is -2.51. The topological polar surface area (TPSA) is 84.4 Å². The third kappa shape index (κ3) is 2.56. The molecule has 3 aromatic rings. The van der Waals surface area contributed by atoms with E-state index in [9.17, 15) is 9.90 Å². The number of carbonyl (C=O) groups excluding carboxylic acids is 1. The maximum atomic E-state index is 12.4. The summed E-state index contributed by atoms with van der Waals surface area (Å²) >= 11 is 0. The number of likely N-dealkylation sites (tertiary alicyclic amines) is 1. The predicted octanol–water partition coefficient (Wildman–Crippen LogP) is 1.70. The number of fused-ring (bicyclic) bond motifs is 1. The van der Waals surface area contributed by atoms with Crippen molar-refractivity contribution in [3.05, 3.63) is 48.0 Å². The van der Waals surface area contributed by atoms with Crippen LogP contribution in [0.25, 0.3) is 11.0 Å². The fourth-order valence-corrected chi connectivity index (χ4v) is 2.93. The Morgan fingerprint density at radius 2 is 2.21 bits per heavy atom. The van der Waals surface area contributed by atoms with Gasteiger partial charge in [0.2, 0.25) is 5.91 Å². The van der Waals surface area contributed by atoms with Crippen molar-refractivity contribution in [1.82, 2.24) is 19.9 Å². The van der Waals surface area contributed by atoms with Gasteiger partial charge in [-0.2, -0.15) is 0 Å². The average Bonchev–Trinajstić information content (AvgIpc) is 3.14. The molecule has 1 unspecified atom stereocenters. The normalized spacial score (nSPS) is 16.3. The number of carbonyl (C=O) groups is 1. The number of nitrogens with zero attached hydrogens (tertiary/aromatic N) is 4. The van der Waals surface area contributed by atoms with Crippen LogP contribution in [-0.2, 0) is 11.2 Å². The summed E-state index contributed by atoms with van der Waals surface area (Å²) in [4.78, 5) is 14.2. The number of aliphatic hydroxyl groups is 1. The van der Waals surface area contributed by atoms with Gasteiger partial charge in [0.25, 0.3) is 0 Å². The van der Waals surface area contributed by atoms with Gasteiger partial charge in [0.1, 0.15) is 11.3 Å². The molecule has 1 aliphatic heterocycles. The molecule has 7 heteroatoms. The molecular formula is C17H18N4O3. The first-order valence-corrected chi connectivity index (χ1v) is 7.94. The zero-order valence-corrected chi connectivity index (χ0v) is 13.3. The molecular weight excluding hydrogens is 308 g/mol. The van der Waals surface area contributed by atoms with Crippen LogP contribution in [0.3, 0.4) is 0 Å². The Hall–Kier alpha value is -2.67. The lowest BCUT2D eigenvalue weighted by Gasteiger charge is -2.38. The highest BCUT2D eigenvalue weighted by atomic mass is 16.3. The highest BCUT2D eigenvalue weighted by Gasteiger charge is 2.33. The Bertz CT molecular complexity index is 877. The van der Waals surface area contributed by atoms with E-state index in [-0.39, 0.29) is 11.9 Å². The van der Waals surface area contributed by atoms with Gasteiger partial charge in [-0.15, -0.1) is 5.10 Å². The molecule has 1 atom stereocenters. The average molecular weight is 326 g/mol. The molecule has 0 aliphatic carbocycles. The van der Waals surface area contributed by atoms with Crippen molar-refractivity contribution in [1.29, 1.82) is 0 Å². The molecule has 0 spiro atoms. The number of aliphatic hydroxyl groups excluding tert-OH is 1. The molecule has 24 heavy (non-hydrogen) atoms. The smallest absolute Gasteiger partial charge is 0.227 e. The van der Waals surface area contributed by atoms with Crippen molar-refractivity contribution in [2.75, 3.05) is 13.1 Å². The minimum absolute atomic E-state index is 0.0775. The molecule has 3 heterocycles. The Morgan fingerprint density at radius 1 is 1.42 bits per heavy atom. The summed E-state index contributed by atoms with van der Waals surface area (Å²) in [6.07, 6.45) is 3.10. The summed E-state index contributed by atoms with van der Waals surface area (Å²) in [5, 5.41) is 18.4. The summed E-state index contributed by atoms with van der Waals surface area (Å²) in [6, 6.07) is 7.84. The first-order valence-electron chi connectivity index (χ1n) is 7.94. The number of hydrogen-bond donors (Lipinski definition) is 1. The van der Waals surface area contributed by atoms with Crippen molar-refractivity contribution in [2.45, 2.75) is 25.5 Å². The summed E-state index contributed by atoms with van der Waals surface area (Å²) in [5.74, 6) is 0.0775. The second-order valence-corrected chi connectivity index (χ2v) is 6.19. The van der Waals surface area contributed by atoms with Gasteiger partial charge in [0.15, 0.2) is 0 Å². The number of furan rings is 1. The molecule has 124 valence electrons. The minimum Gasteiger partial charge on any atom is -0.464 e. The number of amides is 1. The van der Waals surface area contributed by atoms with E-state index in [1.807, 2.05) is 24.3 Å². The molecule has 1 saturated heterocycles. The molecule has 1 fully saturated rings. The zero-order valence-electron chi connectivity index (χ0n) is 13.3. The Labute approximate surface area is 138 Å². The van der Waals surface area contributed by atoms with Crippen molar-refractivity contribution in [2.24, 2.45) is 0 Å². The third-order valence-electron chi connectivity index (χ3n) is 4.45. The molecule has 1 N–H and O–H groups in total. The number of para-hydroxylation sites is 1. The molecule has 1 amide bonds. The molecule has 4 rings (SSSR count). The Morgan fingerprint density at radius 3 is 2.96 bits per heavy atom. The number of hydrogen-bond acceptors (Lipinski definition) is 5. The van der Waals surface area contributed by atoms with Crippen LogP contribution in [0.4, 0.5) is 0 Å². The molecule has 7 nitrogen and oxygen atoms in total. The van der Waals surface area contributed by atoms with Gasteiger partial charge in [0.05, 0.1) is 31.0 Å². The fourth-order valence-electron chi connectivity index (χ4n) is 2.93. The summed E-state index contributed by atoms with van der Waals surface area (Å²) in [5.41, 5.74) is 2.26. The van der Waals surface area contributed by atoms with E-state index < -0.39 is 6.10 Å². The van der Waals surface area contributed by atoms with Crippen molar-refractivity contribution >= 4 is 16.9 Å². The highest BCUT2D eigenvalue weighted by Crippen LogP contribution is 2.25. The van der Waals surface area contributed by atoms with Crippen LogP contribution in [-0.4, -0.2) is 44.0 Å². The van der Waals surface area contributed by atoms with Crippen LogP contribution >= 0.6 is 0 Å². The van der Waals surface area contributed by atoms with Gasteiger partial charge in [-0.25, -0.2) is 4.68 Å². The second kappa shape index (κ2) is 5.76. The van der Waals surface area contributed by atoms with Gasteiger partial charge in [-0.1, -0.05) is 23.4 Å². The summed E-state index contributed by atoms with van der Waals surface area (Å²) in [7, 11) is 0. The number of benzene rings is 1. The monoisotopic (exact) mass is 326 g/mol. The molecule has 0 radical (unpaired) electrons. The van der Waals surface area contributed by atoms with Gasteiger partial charge in [-0.05, 0) is 13.0 Å². The quantitative estimate of drug-likeness (QED) is 0.789. The highest BCUT2D eigenvalue weighted by molar-refractivity contribution is 5.87. The van der Waals surface area contributed by atoms with Crippen LogP contribution < -0.4 is 0 Å². The first-order chi connectivity index (χ1) is 11.6. The van der Waals surface area contributed by atoms with Gasteiger partial charge in [-0.3, -0.25) is 4.79 Å². The zero-order chi connectivity index (χ0) is 16.7. The SMILES string of the molecule is CC(O)c1cn(C2CN(C(=O)Cc3coc4ccccc34)C2)nn1. The second-order valence-electron chi connectivity index (χ2n) is 6.19. The van der Waals surface area contributed by atoms with E-state index >= 15 is 0 Å². The lowest BCUT2D eigenvalue weighted by molar-refractivity contribution is -0.136. The fraction of sp³-hybridized carbons (Fsp3) is 0.353. The van der Waals surface area contributed by atoms with E-state index in [2.05, 4.69) is 10.3 Å². The number of rotatable bonds is 4. The van der Waals surface area contributed by atoms with Gasteiger partial charge in [0, 0.05) is 24.0 Å². The molecule has 2 aromatic heterocycles. The van der Waals surface area contributed by atoms with Crippen LogP contribution in [0.15, 0.2) is 41.1 Å². The molecule has 0 saturated carbocycles. The summed E-state index contributed by atoms with van der Waals surface area (Å²) < 4.78 is 7.20. The van der Waals surface area contributed by atoms with E-state index in [1.165, 1.54) is 0 Å². The lowest BCUT2D eigenvalue weighted by atomic mass is 10.1. The van der Waals surface area contributed by atoms with E-state index in [1.54, 1.807) is 29.0 Å². The molecule has 1 aromatic carbocycles. The van der Waals surface area contributed by atoms with Crippen LogP contribution in [0.5, 0.6) is 0 Å². The third-order valence-corrected chi connectivity index (χ3v) is 4.45. The maximum absolute atomic E-state index is 12.4. The van der Waals surface area contributed by atoms with Gasteiger partial charge < -0.3 is 14.4 Å². The predicted molar refractivity (Wildman–Crippen MR) is 86.2 cm³/mol. The van der Waals surface area contributed by atoms with Crippen molar-refractivity contribution < 1.29 is 14.3 Å². The number of aromatic nitrogens is 3.